The third-order valence-corrected chi connectivity index (χ3v) is 6.12. The molecule has 2 amide bonds. The van der Waals surface area contributed by atoms with E-state index in [4.69, 9.17) is 0 Å². The summed E-state index contributed by atoms with van der Waals surface area (Å²) in [6, 6.07) is 5.86. The lowest BCUT2D eigenvalue weighted by Gasteiger charge is -2.34. The molecular formula is C17H26N2O3S. The fourth-order valence-corrected chi connectivity index (χ4v) is 4.61. The van der Waals surface area contributed by atoms with Crippen LogP contribution < -0.4 is 5.32 Å². The fourth-order valence-electron chi connectivity index (χ4n) is 3.05. The van der Waals surface area contributed by atoms with E-state index in [1.165, 1.54) is 16.7 Å². The Balaban J connectivity index is 1.94. The number of hydrogen-bond donors (Lipinski definition) is 1. The van der Waals surface area contributed by atoms with Crippen molar-refractivity contribution in [3.05, 3.63) is 34.9 Å². The second-order valence-corrected chi connectivity index (χ2v) is 8.87. The van der Waals surface area contributed by atoms with E-state index in [1.807, 2.05) is 6.92 Å². The van der Waals surface area contributed by atoms with Crippen LogP contribution in [0.5, 0.6) is 0 Å². The van der Waals surface area contributed by atoms with Gasteiger partial charge in [-0.25, -0.2) is 13.2 Å². The minimum atomic E-state index is -3.01. The molecule has 1 fully saturated rings. The molecule has 0 unspecified atom stereocenters. The Bertz CT molecular complexity index is 685. The molecule has 0 aromatic heterocycles. The van der Waals surface area contributed by atoms with E-state index in [-0.39, 0.29) is 36.2 Å². The highest BCUT2D eigenvalue weighted by molar-refractivity contribution is 7.91. The molecule has 6 heteroatoms. The van der Waals surface area contributed by atoms with Gasteiger partial charge >= 0.3 is 6.03 Å². The number of carbonyl (C=O) groups is 1. The first-order valence-electron chi connectivity index (χ1n) is 8.01. The first-order valence-corrected chi connectivity index (χ1v) is 9.84. The van der Waals surface area contributed by atoms with Crippen LogP contribution in [0.15, 0.2) is 18.2 Å². The zero-order valence-corrected chi connectivity index (χ0v) is 15.1. The summed E-state index contributed by atoms with van der Waals surface area (Å²) >= 11 is 0. The van der Waals surface area contributed by atoms with Gasteiger partial charge in [0.2, 0.25) is 0 Å². The predicted molar refractivity (Wildman–Crippen MR) is 92.4 cm³/mol. The highest BCUT2D eigenvalue weighted by Gasteiger charge is 2.31. The monoisotopic (exact) mass is 338 g/mol. The highest BCUT2D eigenvalue weighted by atomic mass is 32.2. The number of benzene rings is 1. The Morgan fingerprint density at radius 1 is 1.39 bits per heavy atom. The first-order chi connectivity index (χ1) is 10.7. The van der Waals surface area contributed by atoms with Gasteiger partial charge in [0.1, 0.15) is 0 Å². The first kappa shape index (κ1) is 17.8. The summed E-state index contributed by atoms with van der Waals surface area (Å²) in [6.07, 6.45) is 0.762. The Hall–Kier alpha value is -1.56. The smallest absolute Gasteiger partial charge is 0.317 e. The SMILES string of the molecule is Cc1ccc(C[C@H](C)NC(=O)N2CCS(=O)(=O)C[C@@H]2C)c(C)c1. The van der Waals surface area contributed by atoms with Gasteiger partial charge in [0, 0.05) is 18.6 Å². The van der Waals surface area contributed by atoms with Crippen LogP contribution in [0, 0.1) is 13.8 Å². The van der Waals surface area contributed by atoms with Crippen molar-refractivity contribution in [3.8, 4) is 0 Å². The predicted octanol–water partition coefficient (Wildman–Crippen LogP) is 2.06. The van der Waals surface area contributed by atoms with Gasteiger partial charge in [-0.05, 0) is 45.2 Å². The van der Waals surface area contributed by atoms with Crippen molar-refractivity contribution in [1.82, 2.24) is 10.2 Å². The van der Waals surface area contributed by atoms with Gasteiger partial charge in [-0.15, -0.1) is 0 Å². The largest absolute Gasteiger partial charge is 0.335 e. The highest BCUT2D eigenvalue weighted by Crippen LogP contribution is 2.14. The summed E-state index contributed by atoms with van der Waals surface area (Å²) in [5.74, 6) is 0.0993. The van der Waals surface area contributed by atoms with E-state index in [0.29, 0.717) is 0 Å². The summed E-state index contributed by atoms with van der Waals surface area (Å²) in [5, 5.41) is 2.99. The number of amides is 2. The number of rotatable bonds is 3. The van der Waals surface area contributed by atoms with E-state index in [9.17, 15) is 13.2 Å². The Morgan fingerprint density at radius 3 is 2.70 bits per heavy atom. The second-order valence-electron chi connectivity index (χ2n) is 6.64. The molecule has 0 saturated carbocycles. The van der Waals surface area contributed by atoms with Crippen LogP contribution in [-0.4, -0.2) is 49.5 Å². The summed E-state index contributed by atoms with van der Waals surface area (Å²) in [4.78, 5) is 14.0. The molecule has 0 aliphatic carbocycles. The third kappa shape index (κ3) is 4.70. The van der Waals surface area contributed by atoms with Gasteiger partial charge in [-0.3, -0.25) is 0 Å². The average molecular weight is 338 g/mol. The standard InChI is InChI=1S/C17H26N2O3S/c1-12-5-6-16(13(2)9-12)10-14(3)18-17(20)19-7-8-23(21,22)11-15(19)4/h5-6,9,14-15H,7-8,10-11H2,1-4H3,(H,18,20)/t14-,15-/m0/s1. The number of sulfone groups is 1. The minimum absolute atomic E-state index is 0.00496. The van der Waals surface area contributed by atoms with Gasteiger partial charge in [-0.1, -0.05) is 23.8 Å². The van der Waals surface area contributed by atoms with Gasteiger partial charge in [0.15, 0.2) is 9.84 Å². The molecule has 1 aliphatic rings. The normalized spacial score (nSPS) is 21.7. The quantitative estimate of drug-likeness (QED) is 0.917. The van der Waals surface area contributed by atoms with E-state index < -0.39 is 9.84 Å². The number of hydrogen-bond acceptors (Lipinski definition) is 3. The third-order valence-electron chi connectivity index (χ3n) is 4.33. The Kier molecular flexibility index (Phi) is 5.34. The minimum Gasteiger partial charge on any atom is -0.335 e. The van der Waals surface area contributed by atoms with Crippen molar-refractivity contribution in [2.24, 2.45) is 0 Å². The fraction of sp³-hybridized carbons (Fsp3) is 0.588. The molecule has 1 saturated heterocycles. The Labute approximate surface area is 139 Å². The zero-order chi connectivity index (χ0) is 17.2. The lowest BCUT2D eigenvalue weighted by atomic mass is 10.00. The molecule has 0 spiro atoms. The van der Waals surface area contributed by atoms with E-state index >= 15 is 0 Å². The van der Waals surface area contributed by atoms with Gasteiger partial charge in [0.25, 0.3) is 0 Å². The molecule has 2 atom stereocenters. The van der Waals surface area contributed by atoms with Gasteiger partial charge in [-0.2, -0.15) is 0 Å². The molecule has 128 valence electrons. The molecule has 0 radical (unpaired) electrons. The van der Waals surface area contributed by atoms with Crippen molar-refractivity contribution in [1.29, 1.82) is 0 Å². The molecule has 1 N–H and O–H groups in total. The zero-order valence-electron chi connectivity index (χ0n) is 14.3. The van der Waals surface area contributed by atoms with Crippen LogP contribution in [0.2, 0.25) is 0 Å². The van der Waals surface area contributed by atoms with Crippen LogP contribution >= 0.6 is 0 Å². The summed E-state index contributed by atoms with van der Waals surface area (Å²) < 4.78 is 23.2. The van der Waals surface area contributed by atoms with Crippen LogP contribution in [-0.2, 0) is 16.3 Å². The van der Waals surface area contributed by atoms with E-state index in [2.05, 4.69) is 37.4 Å². The van der Waals surface area contributed by atoms with Crippen molar-refractivity contribution >= 4 is 15.9 Å². The maximum atomic E-state index is 12.4. The van der Waals surface area contributed by atoms with Gasteiger partial charge in [0.05, 0.1) is 11.5 Å². The molecule has 2 rings (SSSR count). The molecule has 0 bridgehead atoms. The molecule has 1 aromatic rings. The number of urea groups is 1. The van der Waals surface area contributed by atoms with Crippen LogP contribution in [0.25, 0.3) is 0 Å². The molecule has 5 nitrogen and oxygen atoms in total. The van der Waals surface area contributed by atoms with E-state index in [0.717, 1.165) is 6.42 Å². The molecule has 1 aromatic carbocycles. The number of nitrogens with zero attached hydrogens (tertiary/aromatic N) is 1. The maximum absolute atomic E-state index is 12.4. The summed E-state index contributed by atoms with van der Waals surface area (Å²) in [7, 11) is -3.01. The van der Waals surface area contributed by atoms with E-state index in [1.54, 1.807) is 11.8 Å². The van der Waals surface area contributed by atoms with Crippen molar-refractivity contribution in [2.75, 3.05) is 18.1 Å². The number of aryl methyl sites for hydroxylation is 2. The summed E-state index contributed by atoms with van der Waals surface area (Å²) in [6.45, 7) is 8.17. The Morgan fingerprint density at radius 2 is 2.09 bits per heavy atom. The van der Waals surface area contributed by atoms with Crippen molar-refractivity contribution in [2.45, 2.75) is 46.2 Å². The number of nitrogens with one attached hydrogen (secondary N) is 1. The average Bonchev–Trinajstić information content (AvgIpc) is 2.40. The van der Waals surface area contributed by atoms with Crippen LogP contribution in [0.1, 0.15) is 30.5 Å². The topological polar surface area (TPSA) is 66.5 Å². The van der Waals surface area contributed by atoms with Gasteiger partial charge < -0.3 is 10.2 Å². The second kappa shape index (κ2) is 6.91. The lowest BCUT2D eigenvalue weighted by molar-refractivity contribution is 0.182. The molecule has 1 heterocycles. The van der Waals surface area contributed by atoms with Crippen molar-refractivity contribution < 1.29 is 13.2 Å². The van der Waals surface area contributed by atoms with Crippen LogP contribution in [0.4, 0.5) is 4.79 Å². The van der Waals surface area contributed by atoms with Crippen molar-refractivity contribution in [3.63, 3.8) is 0 Å². The molecule has 23 heavy (non-hydrogen) atoms. The maximum Gasteiger partial charge on any atom is 0.317 e. The summed E-state index contributed by atoms with van der Waals surface area (Å²) in [5.41, 5.74) is 3.67. The molecule has 1 aliphatic heterocycles. The van der Waals surface area contributed by atoms with Crippen LogP contribution in [0.3, 0.4) is 0 Å². The lowest BCUT2D eigenvalue weighted by Crippen LogP contribution is -2.54. The number of carbonyl (C=O) groups excluding carboxylic acids is 1. The molecular weight excluding hydrogens is 312 g/mol.